The molecule has 2 aliphatic heterocycles. The molecule has 0 spiro atoms. The molecule has 7 nitrogen and oxygen atoms in total. The normalized spacial score (nSPS) is 31.2. The van der Waals surface area contributed by atoms with Crippen molar-refractivity contribution in [3.63, 3.8) is 0 Å². The Morgan fingerprint density at radius 2 is 2.24 bits per heavy atom. The summed E-state index contributed by atoms with van der Waals surface area (Å²) in [5, 5.41) is 3.64. The third kappa shape index (κ3) is 2.81. The molecule has 0 aromatic carbocycles. The number of azide groups is 1. The van der Waals surface area contributed by atoms with Crippen LogP contribution >= 0.6 is 0 Å². The molecule has 0 unspecified atom stereocenters. The van der Waals surface area contributed by atoms with E-state index < -0.39 is 5.60 Å². The Balaban J connectivity index is 1.98. The smallest absolute Gasteiger partial charge is 0.410 e. The number of epoxide rings is 1. The second-order valence-corrected chi connectivity index (χ2v) is 5.30. The molecule has 1 amide bonds. The molecular formula is C10H16N4O3. The highest BCUT2D eigenvalue weighted by Gasteiger charge is 2.51. The number of ether oxygens (including phenoxy) is 2. The molecule has 2 saturated heterocycles. The van der Waals surface area contributed by atoms with Crippen LogP contribution in [0.5, 0.6) is 0 Å². The average Bonchev–Trinajstić information content (AvgIpc) is 2.94. The summed E-state index contributed by atoms with van der Waals surface area (Å²) in [7, 11) is 0. The van der Waals surface area contributed by atoms with Crippen LogP contribution in [0.2, 0.25) is 0 Å². The molecule has 2 rings (SSSR count). The van der Waals surface area contributed by atoms with E-state index >= 15 is 0 Å². The first-order chi connectivity index (χ1) is 7.90. The number of carbonyl (C=O) groups is 1. The maximum absolute atomic E-state index is 11.8. The van der Waals surface area contributed by atoms with Gasteiger partial charge in [-0.25, -0.2) is 4.79 Å². The zero-order valence-electron chi connectivity index (χ0n) is 10.2. The fourth-order valence-corrected chi connectivity index (χ4v) is 1.91. The molecular weight excluding hydrogens is 224 g/mol. The molecule has 7 heteroatoms. The van der Waals surface area contributed by atoms with Gasteiger partial charge in [-0.1, -0.05) is 5.11 Å². The van der Waals surface area contributed by atoms with Crippen LogP contribution in [-0.4, -0.2) is 47.9 Å². The minimum atomic E-state index is -0.521. The molecule has 0 aliphatic carbocycles. The van der Waals surface area contributed by atoms with E-state index in [4.69, 9.17) is 15.0 Å². The van der Waals surface area contributed by atoms with Crippen molar-refractivity contribution >= 4 is 6.09 Å². The number of hydrogen-bond donors (Lipinski definition) is 0. The van der Waals surface area contributed by atoms with Crippen molar-refractivity contribution in [3.05, 3.63) is 10.4 Å². The summed E-state index contributed by atoms with van der Waals surface area (Å²) >= 11 is 0. The molecule has 0 aromatic rings. The van der Waals surface area contributed by atoms with E-state index in [1.165, 1.54) is 0 Å². The Hall–Kier alpha value is -1.46. The molecule has 2 aliphatic rings. The van der Waals surface area contributed by atoms with E-state index in [1.54, 1.807) is 4.90 Å². The molecule has 3 atom stereocenters. The van der Waals surface area contributed by atoms with Gasteiger partial charge in [-0.05, 0) is 26.3 Å². The maximum atomic E-state index is 11.8. The van der Waals surface area contributed by atoms with E-state index in [9.17, 15) is 4.79 Å². The molecule has 17 heavy (non-hydrogen) atoms. The van der Waals surface area contributed by atoms with Crippen LogP contribution in [0, 0.1) is 0 Å². The first-order valence-corrected chi connectivity index (χ1v) is 5.58. The van der Waals surface area contributed by atoms with Crippen LogP contribution in [0.25, 0.3) is 10.4 Å². The number of nitrogens with zero attached hydrogens (tertiary/aromatic N) is 4. The third-order valence-corrected chi connectivity index (χ3v) is 2.66. The monoisotopic (exact) mass is 240 g/mol. The lowest BCUT2D eigenvalue weighted by Gasteiger charge is -2.30. The van der Waals surface area contributed by atoms with Gasteiger partial charge in [0.1, 0.15) is 11.7 Å². The fourth-order valence-electron chi connectivity index (χ4n) is 1.91. The summed E-state index contributed by atoms with van der Waals surface area (Å²) in [4.78, 5) is 16.2. The van der Waals surface area contributed by atoms with Gasteiger partial charge in [0.15, 0.2) is 0 Å². The van der Waals surface area contributed by atoms with Crippen LogP contribution in [0.4, 0.5) is 4.79 Å². The predicted octanol–water partition coefficient (Wildman–Crippen LogP) is 1.68. The number of amides is 1. The van der Waals surface area contributed by atoms with Crippen molar-refractivity contribution in [2.45, 2.75) is 44.6 Å². The lowest BCUT2D eigenvalue weighted by atomic mass is 10.1. The highest BCUT2D eigenvalue weighted by molar-refractivity contribution is 5.68. The minimum Gasteiger partial charge on any atom is -0.444 e. The number of rotatable bonds is 1. The van der Waals surface area contributed by atoms with Crippen molar-refractivity contribution in [2.75, 3.05) is 13.1 Å². The first-order valence-electron chi connectivity index (χ1n) is 5.58. The average molecular weight is 240 g/mol. The lowest BCUT2D eigenvalue weighted by Crippen LogP contribution is -2.47. The SMILES string of the molecule is CC(C)(C)OC(=O)N1C[C@@H](N=[N+]=[N-])[C@@H]2O[C@@H]2C1. The standard InChI is InChI=1S/C10H16N4O3/c1-10(2,3)17-9(15)14-4-6(12-13-11)8-7(5-14)16-8/h6-8H,4-5H2,1-3H3/t6-,7-,8+/m1/s1. The van der Waals surface area contributed by atoms with E-state index in [-0.39, 0.29) is 24.3 Å². The summed E-state index contributed by atoms with van der Waals surface area (Å²) in [5.41, 5.74) is 7.91. The first kappa shape index (κ1) is 12.0. The molecule has 0 radical (unpaired) electrons. The van der Waals surface area contributed by atoms with Crippen molar-refractivity contribution in [1.82, 2.24) is 4.90 Å². The summed E-state index contributed by atoms with van der Waals surface area (Å²) in [6, 6.07) is -0.300. The Morgan fingerprint density at radius 3 is 2.82 bits per heavy atom. The van der Waals surface area contributed by atoms with Gasteiger partial charge in [-0.2, -0.15) is 0 Å². The topological polar surface area (TPSA) is 90.8 Å². The quantitative estimate of drug-likeness (QED) is 0.302. The number of piperidine rings is 1. The highest BCUT2D eigenvalue weighted by atomic mass is 16.6. The van der Waals surface area contributed by atoms with Gasteiger partial charge in [0, 0.05) is 11.5 Å². The number of hydrogen-bond acceptors (Lipinski definition) is 4. The minimum absolute atomic E-state index is 0.00762. The van der Waals surface area contributed by atoms with Crippen LogP contribution in [0.3, 0.4) is 0 Å². The van der Waals surface area contributed by atoms with Gasteiger partial charge in [0.2, 0.25) is 0 Å². The van der Waals surface area contributed by atoms with Gasteiger partial charge in [0.05, 0.1) is 18.7 Å². The molecule has 0 bridgehead atoms. The van der Waals surface area contributed by atoms with Crippen LogP contribution in [0.15, 0.2) is 5.11 Å². The maximum Gasteiger partial charge on any atom is 0.410 e. The van der Waals surface area contributed by atoms with Crippen LogP contribution in [-0.2, 0) is 9.47 Å². The van der Waals surface area contributed by atoms with Gasteiger partial charge in [-0.15, -0.1) is 0 Å². The summed E-state index contributed by atoms with van der Waals surface area (Å²) in [6.07, 6.45) is -0.416. The Kier molecular flexibility index (Phi) is 2.89. The summed E-state index contributed by atoms with van der Waals surface area (Å²) in [6.45, 7) is 6.32. The van der Waals surface area contributed by atoms with Crippen molar-refractivity contribution < 1.29 is 14.3 Å². The van der Waals surface area contributed by atoms with E-state index in [1.807, 2.05) is 20.8 Å². The fraction of sp³-hybridized carbons (Fsp3) is 0.900. The van der Waals surface area contributed by atoms with Crippen molar-refractivity contribution in [3.8, 4) is 0 Å². The summed E-state index contributed by atoms with van der Waals surface area (Å²) in [5.74, 6) is 0. The van der Waals surface area contributed by atoms with E-state index in [0.717, 1.165) is 0 Å². The predicted molar refractivity (Wildman–Crippen MR) is 59.4 cm³/mol. The Labute approximate surface area is 99.3 Å². The third-order valence-electron chi connectivity index (χ3n) is 2.66. The molecule has 2 heterocycles. The molecule has 0 saturated carbocycles. The van der Waals surface area contributed by atoms with Gasteiger partial charge < -0.3 is 14.4 Å². The molecule has 0 N–H and O–H groups in total. The van der Waals surface area contributed by atoms with Crippen LogP contribution < -0.4 is 0 Å². The molecule has 94 valence electrons. The number of carbonyl (C=O) groups excluding carboxylic acids is 1. The molecule has 0 aromatic heterocycles. The van der Waals surface area contributed by atoms with Crippen molar-refractivity contribution in [1.29, 1.82) is 0 Å². The van der Waals surface area contributed by atoms with Crippen molar-refractivity contribution in [2.24, 2.45) is 5.11 Å². The second kappa shape index (κ2) is 4.09. The number of likely N-dealkylation sites (tertiary alicyclic amines) is 1. The van der Waals surface area contributed by atoms with Gasteiger partial charge in [-0.3, -0.25) is 0 Å². The van der Waals surface area contributed by atoms with Gasteiger partial charge in [0.25, 0.3) is 0 Å². The molecule has 2 fully saturated rings. The van der Waals surface area contributed by atoms with E-state index in [0.29, 0.717) is 13.1 Å². The zero-order chi connectivity index (χ0) is 12.6. The van der Waals surface area contributed by atoms with Crippen LogP contribution in [0.1, 0.15) is 20.8 Å². The zero-order valence-corrected chi connectivity index (χ0v) is 10.2. The summed E-state index contributed by atoms with van der Waals surface area (Å²) < 4.78 is 10.6. The highest BCUT2D eigenvalue weighted by Crippen LogP contribution is 2.33. The second-order valence-electron chi connectivity index (χ2n) is 5.30. The van der Waals surface area contributed by atoms with Gasteiger partial charge >= 0.3 is 6.09 Å². The van der Waals surface area contributed by atoms with E-state index in [2.05, 4.69) is 10.0 Å². The lowest BCUT2D eigenvalue weighted by molar-refractivity contribution is 0.0218. The largest absolute Gasteiger partial charge is 0.444 e. The Bertz CT molecular complexity index is 372. The number of fused-ring (bicyclic) bond motifs is 1. The Morgan fingerprint density at radius 1 is 1.53 bits per heavy atom.